The van der Waals surface area contributed by atoms with E-state index >= 15 is 0 Å². The number of aromatic nitrogens is 4. The lowest BCUT2D eigenvalue weighted by atomic mass is 10.0. The molecule has 4 aromatic heterocycles. The molecule has 0 aliphatic carbocycles. The molecule has 145 heavy (non-hydrogen) atoms. The normalized spacial score (nSPS) is 14.8. The first-order chi connectivity index (χ1) is 70.3. The van der Waals surface area contributed by atoms with Gasteiger partial charge in [0, 0.05) is 200 Å². The molecule has 756 valence electrons. The molecule has 8 amide bonds. The molecule has 6 aliphatic heterocycles. The number of amides is 8. The molecule has 10 aromatic rings. The molecule has 0 unspecified atom stereocenters. The molecule has 0 spiro atoms. The molecule has 0 saturated carbocycles. The molecule has 6 fully saturated rings. The van der Waals surface area contributed by atoms with Gasteiger partial charge in [0.2, 0.25) is 0 Å². The number of ketones is 2. The smallest absolute Gasteiger partial charge is 0.354 e. The van der Waals surface area contributed by atoms with Crippen LogP contribution in [0.3, 0.4) is 0 Å². The van der Waals surface area contributed by atoms with Crippen LogP contribution in [-0.2, 0) is 13.1 Å². The van der Waals surface area contributed by atoms with Crippen molar-refractivity contribution in [1.29, 1.82) is 21.0 Å². The van der Waals surface area contributed by atoms with Crippen molar-refractivity contribution in [3.63, 3.8) is 0 Å². The topological polar surface area (TPSA) is 489 Å². The molecule has 0 bridgehead atoms. The van der Waals surface area contributed by atoms with Crippen molar-refractivity contribution in [2.45, 2.75) is 110 Å². The summed E-state index contributed by atoms with van der Waals surface area (Å²) in [5, 5.41) is 64.7. The molecule has 34 nitrogen and oxygen atoms in total. The highest BCUT2D eigenvalue weighted by atomic mass is 19.1. The third-order valence-electron chi connectivity index (χ3n) is 24.0. The summed E-state index contributed by atoms with van der Waals surface area (Å²) in [5.41, 5.74) is 14.3. The number of rotatable bonds is 19. The molecule has 0 atom stereocenters. The molecular weight excluding hydrogens is 1870 g/mol. The highest BCUT2D eigenvalue weighted by molar-refractivity contribution is 6.00. The van der Waals surface area contributed by atoms with Crippen molar-refractivity contribution < 1.29 is 88.1 Å². The number of piperazine rings is 2. The number of halogens is 4. The summed E-state index contributed by atoms with van der Waals surface area (Å²) >= 11 is 0. The lowest BCUT2D eigenvalue weighted by Gasteiger charge is -2.34. The van der Waals surface area contributed by atoms with Gasteiger partial charge in [0.1, 0.15) is 34.4 Å². The number of carbonyl (C=O) groups is 12. The third kappa shape index (κ3) is 35.6. The molecule has 6 aromatic carbocycles. The number of carboxylic acids is 2. The van der Waals surface area contributed by atoms with Crippen LogP contribution in [0.2, 0.25) is 0 Å². The number of hydrogen-bond donors (Lipinski definition) is 7. The number of nitriles is 4. The lowest BCUT2D eigenvalue weighted by molar-refractivity contribution is 0.0624. The minimum atomic E-state index is -1.10. The van der Waals surface area contributed by atoms with Gasteiger partial charge in [0.25, 0.3) is 47.3 Å². The van der Waals surface area contributed by atoms with Gasteiger partial charge in [-0.25, -0.2) is 23.4 Å². The Bertz CT molecular complexity index is 6010. The predicted molar refractivity (Wildman–Crippen MR) is 531 cm³/mol. The Morgan fingerprint density at radius 2 is 0.600 bits per heavy atom. The average Bonchev–Trinajstić information content (AvgIpc) is 0.801. The second-order valence-corrected chi connectivity index (χ2v) is 33.8. The van der Waals surface area contributed by atoms with Crippen LogP contribution >= 0.6 is 0 Å². The number of pyridine rings is 4. The van der Waals surface area contributed by atoms with E-state index in [1.807, 2.05) is 41.3 Å². The Morgan fingerprint density at radius 1 is 0.352 bits per heavy atom. The molecule has 8 N–H and O–H groups in total. The van der Waals surface area contributed by atoms with E-state index in [1.165, 1.54) is 92.6 Å². The van der Waals surface area contributed by atoms with Gasteiger partial charge in [-0.3, -0.25) is 81.5 Å². The molecule has 6 saturated heterocycles. The highest BCUT2D eigenvalue weighted by Crippen LogP contribution is 2.23. The van der Waals surface area contributed by atoms with Crippen molar-refractivity contribution in [3.05, 3.63) is 331 Å². The van der Waals surface area contributed by atoms with E-state index in [0.29, 0.717) is 159 Å². The zero-order chi connectivity index (χ0) is 106. The maximum absolute atomic E-state index is 13.1. The summed E-state index contributed by atoms with van der Waals surface area (Å²) in [6, 6.07) is 59.6. The Labute approximate surface area is 841 Å². The van der Waals surface area contributed by atoms with Crippen molar-refractivity contribution in [1.82, 2.24) is 75.5 Å². The number of Topliss-reactive ketones (excluding diaryl/α,β-unsaturated/α-hetero) is 2. The van der Waals surface area contributed by atoms with Gasteiger partial charge in [0.05, 0.1) is 74.7 Å². The van der Waals surface area contributed by atoms with Crippen LogP contribution in [-0.4, -0.2) is 278 Å². The number of piperidine rings is 4. The van der Waals surface area contributed by atoms with Gasteiger partial charge < -0.3 is 61.7 Å². The monoisotopic (exact) mass is 1980 g/mol. The van der Waals surface area contributed by atoms with Gasteiger partial charge >= 0.3 is 11.9 Å². The van der Waals surface area contributed by atoms with E-state index in [9.17, 15) is 75.1 Å². The van der Waals surface area contributed by atoms with Gasteiger partial charge in [0.15, 0.2) is 11.6 Å². The van der Waals surface area contributed by atoms with Gasteiger partial charge in [-0.2, -0.15) is 21.0 Å². The first-order valence-corrected chi connectivity index (χ1v) is 46.2. The fourth-order valence-electron chi connectivity index (χ4n) is 15.7. The van der Waals surface area contributed by atoms with Crippen molar-refractivity contribution in [2.75, 3.05) is 119 Å². The summed E-state index contributed by atoms with van der Waals surface area (Å²) in [6.07, 6.45) is 10.7. The minimum absolute atomic E-state index is 0. The lowest BCUT2D eigenvalue weighted by Crippen LogP contribution is -2.48. The Hall–Kier alpha value is -16.5. The maximum atomic E-state index is 13.1. The average molecular weight is 1980 g/mol. The molecule has 0 radical (unpaired) electrons. The fourth-order valence-corrected chi connectivity index (χ4v) is 15.7. The second-order valence-electron chi connectivity index (χ2n) is 33.8. The zero-order valence-corrected chi connectivity index (χ0v) is 79.5. The quantitative estimate of drug-likeness (QED) is 0.0292. The van der Waals surface area contributed by atoms with E-state index in [2.05, 4.69) is 51.0 Å². The number of nitrogens with zero attached hydrogens (tertiary/aromatic N) is 15. The van der Waals surface area contributed by atoms with E-state index in [4.69, 9.17) is 39.7 Å². The van der Waals surface area contributed by atoms with Crippen LogP contribution in [0.25, 0.3) is 0 Å². The Morgan fingerprint density at radius 3 is 0.862 bits per heavy atom. The number of hydrogen-bond acceptors (Lipinski definition) is 24. The summed E-state index contributed by atoms with van der Waals surface area (Å²) < 4.78 is 56.8. The van der Waals surface area contributed by atoms with Crippen LogP contribution < -0.4 is 27.0 Å². The first-order valence-electron chi connectivity index (χ1n) is 47.6. The number of nitrogens with one attached hydrogen (secondary N) is 4. The van der Waals surface area contributed by atoms with Gasteiger partial charge in [-0.05, 0) is 246 Å². The summed E-state index contributed by atoms with van der Waals surface area (Å²) in [7, 11) is -2.00. The molecule has 16 rings (SSSR count). The van der Waals surface area contributed by atoms with Crippen LogP contribution in [0.1, 0.15) is 234 Å². The molecule has 6 aliphatic rings. The predicted octanol–water partition coefficient (Wildman–Crippen LogP) is 12.1. The number of aromatic carboxylic acids is 2. The number of likely N-dealkylation sites (tertiary alicyclic amines) is 4. The molecular formula is C107H116F4N20O14. The molecule has 38 heteroatoms. The number of carbonyl (C=O) groups excluding carboxylic acids is 10. The van der Waals surface area contributed by atoms with Crippen LogP contribution in [0, 0.1) is 57.0 Å². The van der Waals surface area contributed by atoms with Gasteiger partial charge in [-0.1, -0.05) is 31.7 Å². The van der Waals surface area contributed by atoms with E-state index in [0.717, 1.165) is 83.5 Å². The number of carboxylic acid groups (broad SMARTS) is 2. The zero-order valence-electron chi connectivity index (χ0n) is 81.5. The molecule has 10 heterocycles. The highest BCUT2D eigenvalue weighted by Gasteiger charge is 2.31. The number of nitrogens with two attached hydrogens (primary N) is 1. The Kier molecular flexibility index (Phi) is 44.7. The summed E-state index contributed by atoms with van der Waals surface area (Å²) in [5.74, 6) is -4.14. The second kappa shape index (κ2) is 58.6. The van der Waals surface area contributed by atoms with E-state index in [1.54, 1.807) is 147 Å². The third-order valence-corrected chi connectivity index (χ3v) is 24.0. The fraction of sp³-hybridized carbons (Fsp3) is 0.327. The minimum Gasteiger partial charge on any atom is -0.478 e. The summed E-state index contributed by atoms with van der Waals surface area (Å²) in [4.78, 5) is 173. The SMILES string of the molecule is C.CC(=O)c1ccc(C(=O)NC2CCN(C(=O)c3ccc(C#N)cc3)CC2)nc1.CC(=O)c1ccc(C(=O)O)nc1.Fc1ccc(CN2CCNCC2)cc1.N#Cc1ccc(C(=O)N2CCC(N)CC2)cc1.N#Cc1ccc(C(=O)N2CCC(NC(=O)c3ccc(C(=O)N4CCN(Cc5ccc(F)cc5)CC4)cn3)CC2)cc1.N#Cc1ccc(C(=O)N2CCC(NC(=O)c3ccc(C(=O)O)cn3)CC2)cc1.[2H]CF.[2H]CF. The van der Waals surface area contributed by atoms with Crippen LogP contribution in [0.15, 0.2) is 219 Å². The number of benzene rings is 6. The van der Waals surface area contributed by atoms with Crippen molar-refractivity contribution in [2.24, 2.45) is 5.73 Å². The Balaban J connectivity index is 0.000000222. The summed E-state index contributed by atoms with van der Waals surface area (Å²) in [6.45, 7) is 15.9. The van der Waals surface area contributed by atoms with E-state index in [-0.39, 0.29) is 130 Å². The van der Waals surface area contributed by atoms with Crippen LogP contribution in [0.5, 0.6) is 0 Å². The first kappa shape index (κ1) is 110. The van der Waals surface area contributed by atoms with E-state index < -0.39 is 26.2 Å². The van der Waals surface area contributed by atoms with Crippen molar-refractivity contribution >= 4 is 70.8 Å². The maximum Gasteiger partial charge on any atom is 0.354 e. The van der Waals surface area contributed by atoms with Crippen LogP contribution in [0.4, 0.5) is 17.6 Å². The van der Waals surface area contributed by atoms with Gasteiger partial charge in [-0.15, -0.1) is 0 Å². The standard InChI is InChI=1S/C31H31FN6O3.C21H20N4O3.C20H18N4O4.C13H15N3O.C11H15FN2.C8H7NO3.2CH3F.CH4/c32-26-8-3-23(4-9-26)21-36-15-17-38(18-16-36)31(41)25-7-10-28(34-20-25)29(39)35-27-11-13-37(14-12-27)30(40)24-5-1-22(19-33)2-6-24;1-14(26)17-6-7-19(23-13-17)20(27)24-18-8-10-25(11-9-18)21(28)16-4-2-15(12-22)3-5-16;21-11-13-1-3-14(4-2-13)19(26)24-9-7-16(8-10-24)23-18(25)17-6-5-15(12-22-17)20(27)28;14-9-10-1-3-11(4-2-10)13(17)16-7-5-12(15)6-8-16;12-11-3-1-10(2-4-11)9-14-7-5-13-6-8-14;1-5(10)6-2-3-7(8(11)12)9-4-6;2*1-2;/h1-10,20,27H,11-18,21H2,(H,35,39);2-7,13,18H,8-11H2,1H3,(H,24,27);1-6,12,16H,7-10H2,(H,23,25)(H,27,28);1-4,12H,5-8,15H2;1-4,13H,5-9H2;2-4H,1H3,(H,11,12);2*1H3;1H4/i;;;;;;2*1D;. The largest absolute Gasteiger partial charge is 0.478 e. The number of alkyl halides is 2. The van der Waals surface area contributed by atoms with Crippen molar-refractivity contribution in [3.8, 4) is 24.3 Å².